The van der Waals surface area contributed by atoms with E-state index in [2.05, 4.69) is 25.1 Å². The zero-order valence-electron chi connectivity index (χ0n) is 16.0. The Morgan fingerprint density at radius 2 is 2.21 bits per heavy atom. The lowest BCUT2D eigenvalue weighted by Crippen LogP contribution is -2.12. The third-order valence-corrected chi connectivity index (χ3v) is 7.23. The minimum absolute atomic E-state index is 0.0728. The molecule has 0 aromatic carbocycles. The third-order valence-electron chi connectivity index (χ3n) is 5.38. The first-order chi connectivity index (χ1) is 14.2. The molecule has 5 rings (SSSR count). The average Bonchev–Trinajstić information content (AvgIpc) is 3.49. The Morgan fingerprint density at radius 3 is 3.00 bits per heavy atom. The van der Waals surface area contributed by atoms with Crippen LogP contribution >= 0.6 is 23.1 Å². The van der Waals surface area contributed by atoms with Gasteiger partial charge in [-0.2, -0.15) is 0 Å². The molecule has 1 unspecified atom stereocenters. The molecule has 150 valence electrons. The van der Waals surface area contributed by atoms with Crippen LogP contribution in [0.2, 0.25) is 0 Å². The van der Waals surface area contributed by atoms with Crippen molar-refractivity contribution in [2.24, 2.45) is 5.92 Å². The highest BCUT2D eigenvalue weighted by Crippen LogP contribution is 2.35. The summed E-state index contributed by atoms with van der Waals surface area (Å²) >= 11 is 2.95. The number of aromatic amines is 2. The molecule has 2 N–H and O–H groups in total. The van der Waals surface area contributed by atoms with Crippen LogP contribution < -0.4 is 5.56 Å². The second kappa shape index (κ2) is 7.79. The number of furan rings is 1. The number of hydrogen-bond acceptors (Lipinski definition) is 7. The predicted molar refractivity (Wildman–Crippen MR) is 114 cm³/mol. The molecule has 0 saturated heterocycles. The van der Waals surface area contributed by atoms with E-state index < -0.39 is 0 Å². The Bertz CT molecular complexity index is 1170. The molecule has 0 aliphatic heterocycles. The van der Waals surface area contributed by atoms with Crippen LogP contribution in [0.4, 0.5) is 0 Å². The Hall–Kier alpha value is -2.39. The fourth-order valence-electron chi connectivity index (χ4n) is 3.89. The lowest BCUT2D eigenvalue weighted by Gasteiger charge is -2.08. The summed E-state index contributed by atoms with van der Waals surface area (Å²) in [6.45, 7) is 2.00. The van der Waals surface area contributed by atoms with Gasteiger partial charge in [-0.25, -0.2) is 9.97 Å². The number of fused-ring (bicyclic) bond motifs is 1. The van der Waals surface area contributed by atoms with Crippen molar-refractivity contribution in [1.29, 1.82) is 0 Å². The van der Waals surface area contributed by atoms with Gasteiger partial charge in [-0.05, 0) is 25.0 Å². The number of nitrogens with zero attached hydrogens (tertiary/aromatic N) is 3. The Balaban J connectivity index is 1.35. The van der Waals surface area contributed by atoms with Crippen molar-refractivity contribution < 1.29 is 4.42 Å². The third kappa shape index (κ3) is 3.76. The first kappa shape index (κ1) is 18.6. The predicted octanol–water partition coefficient (Wildman–Crippen LogP) is 4.95. The summed E-state index contributed by atoms with van der Waals surface area (Å²) in [6, 6.07) is 3.66. The minimum Gasteiger partial charge on any atom is -0.464 e. The first-order valence-electron chi connectivity index (χ1n) is 9.80. The molecule has 7 nitrogen and oxygen atoms in total. The molecule has 4 aromatic rings. The lowest BCUT2D eigenvalue weighted by atomic mass is 10.0. The molecule has 4 aromatic heterocycles. The Kier molecular flexibility index (Phi) is 5.01. The number of thioether (sulfide) groups is 1. The van der Waals surface area contributed by atoms with Crippen molar-refractivity contribution in [3.8, 4) is 11.3 Å². The van der Waals surface area contributed by atoms with Crippen LogP contribution in [0.5, 0.6) is 0 Å². The summed E-state index contributed by atoms with van der Waals surface area (Å²) in [5, 5.41) is 10.5. The average molecular weight is 428 g/mol. The maximum atomic E-state index is 12.8. The molecule has 0 bridgehead atoms. The highest BCUT2D eigenvalue weighted by atomic mass is 32.2. The molecular weight excluding hydrogens is 406 g/mol. The van der Waals surface area contributed by atoms with Gasteiger partial charge in [-0.15, -0.1) is 16.4 Å². The number of H-pyrrole nitrogens is 2. The fraction of sp³-hybridized carbons (Fsp3) is 0.400. The number of rotatable bonds is 6. The first-order valence-corrected chi connectivity index (χ1v) is 11.6. The van der Waals surface area contributed by atoms with E-state index in [1.54, 1.807) is 6.26 Å². The summed E-state index contributed by atoms with van der Waals surface area (Å²) in [4.78, 5) is 25.7. The van der Waals surface area contributed by atoms with Crippen molar-refractivity contribution in [3.05, 3.63) is 45.8 Å². The quantitative estimate of drug-likeness (QED) is 0.422. The Labute approximate surface area is 175 Å². The van der Waals surface area contributed by atoms with Crippen molar-refractivity contribution in [3.63, 3.8) is 0 Å². The number of thiophene rings is 1. The van der Waals surface area contributed by atoms with E-state index >= 15 is 0 Å². The minimum atomic E-state index is -0.151. The van der Waals surface area contributed by atoms with Crippen LogP contribution in [0.1, 0.15) is 49.5 Å². The fourth-order valence-corrected chi connectivity index (χ4v) is 5.63. The molecule has 1 fully saturated rings. The van der Waals surface area contributed by atoms with Crippen molar-refractivity contribution in [2.75, 3.05) is 0 Å². The van der Waals surface area contributed by atoms with Gasteiger partial charge in [0.25, 0.3) is 5.56 Å². The molecule has 1 aliphatic rings. The van der Waals surface area contributed by atoms with Gasteiger partial charge in [0.15, 0.2) is 0 Å². The molecule has 4 heterocycles. The topological polar surface area (TPSA) is 100 Å². The van der Waals surface area contributed by atoms with Crippen LogP contribution in [0, 0.1) is 5.92 Å². The largest absolute Gasteiger partial charge is 0.464 e. The molecular formula is C20H21N5O2S2. The summed E-state index contributed by atoms with van der Waals surface area (Å²) in [5.74, 6) is 2.97. The highest BCUT2D eigenvalue weighted by Gasteiger charge is 2.20. The van der Waals surface area contributed by atoms with E-state index in [1.807, 2.05) is 24.4 Å². The molecule has 0 spiro atoms. The SMILES string of the molecule is CC(Sc1n[nH]c(CC2CCCC2)n1)c1nc2scc(-c3ccco3)c2c(=O)[nH]1. The van der Waals surface area contributed by atoms with Gasteiger partial charge in [0.2, 0.25) is 5.16 Å². The van der Waals surface area contributed by atoms with Crippen molar-refractivity contribution >= 4 is 33.3 Å². The standard InChI is InChI=1S/C20H21N5O2S2/c1-11(29-20-21-15(24-25-20)9-12-5-2-3-6-12)17-22-18(26)16-13(10-28-19(16)23-17)14-7-4-8-27-14/h4,7-8,10-12H,2-3,5-6,9H2,1H3,(H,21,24,25)(H,22,23,26). The Morgan fingerprint density at radius 1 is 1.34 bits per heavy atom. The van der Waals surface area contributed by atoms with Gasteiger partial charge in [-0.3, -0.25) is 9.89 Å². The summed E-state index contributed by atoms with van der Waals surface area (Å²) in [7, 11) is 0. The molecule has 0 radical (unpaired) electrons. The van der Waals surface area contributed by atoms with Crippen molar-refractivity contribution in [2.45, 2.75) is 49.4 Å². The highest BCUT2D eigenvalue weighted by molar-refractivity contribution is 7.99. The lowest BCUT2D eigenvalue weighted by molar-refractivity contribution is 0.531. The van der Waals surface area contributed by atoms with Crippen LogP contribution in [0.15, 0.2) is 38.1 Å². The van der Waals surface area contributed by atoms with E-state index in [0.29, 0.717) is 27.0 Å². The van der Waals surface area contributed by atoms with Gasteiger partial charge in [0.05, 0.1) is 16.9 Å². The van der Waals surface area contributed by atoms with Gasteiger partial charge in [0, 0.05) is 17.4 Å². The number of nitrogens with one attached hydrogen (secondary N) is 2. The van der Waals surface area contributed by atoms with Gasteiger partial charge in [0.1, 0.15) is 22.2 Å². The molecule has 0 amide bonds. The normalized spacial score (nSPS) is 16.0. The maximum Gasteiger partial charge on any atom is 0.260 e. The zero-order chi connectivity index (χ0) is 19.8. The summed E-state index contributed by atoms with van der Waals surface area (Å²) < 4.78 is 5.45. The smallest absolute Gasteiger partial charge is 0.260 e. The summed E-state index contributed by atoms with van der Waals surface area (Å²) in [6.07, 6.45) is 7.78. The van der Waals surface area contributed by atoms with Crippen LogP contribution in [0.3, 0.4) is 0 Å². The second-order valence-corrected chi connectivity index (χ2v) is 9.60. The van der Waals surface area contributed by atoms with E-state index in [4.69, 9.17) is 4.42 Å². The summed E-state index contributed by atoms with van der Waals surface area (Å²) in [5.41, 5.74) is 0.628. The molecule has 1 aliphatic carbocycles. The molecule has 1 atom stereocenters. The number of hydrogen-bond donors (Lipinski definition) is 2. The number of aromatic nitrogens is 5. The van der Waals surface area contributed by atoms with Crippen LogP contribution in [-0.2, 0) is 6.42 Å². The maximum absolute atomic E-state index is 12.8. The van der Waals surface area contributed by atoms with Crippen LogP contribution in [-0.4, -0.2) is 25.1 Å². The second-order valence-electron chi connectivity index (χ2n) is 7.44. The van der Waals surface area contributed by atoms with E-state index in [9.17, 15) is 4.79 Å². The van der Waals surface area contributed by atoms with E-state index in [-0.39, 0.29) is 10.8 Å². The van der Waals surface area contributed by atoms with Crippen molar-refractivity contribution in [1.82, 2.24) is 25.1 Å². The van der Waals surface area contributed by atoms with Gasteiger partial charge < -0.3 is 9.40 Å². The van der Waals surface area contributed by atoms with Crippen LogP contribution in [0.25, 0.3) is 21.5 Å². The van der Waals surface area contributed by atoms with E-state index in [1.165, 1.54) is 48.8 Å². The molecule has 29 heavy (non-hydrogen) atoms. The zero-order valence-corrected chi connectivity index (χ0v) is 17.6. The van der Waals surface area contributed by atoms with Gasteiger partial charge >= 0.3 is 0 Å². The monoisotopic (exact) mass is 427 g/mol. The molecule has 1 saturated carbocycles. The molecule has 9 heteroatoms. The van der Waals surface area contributed by atoms with E-state index in [0.717, 1.165) is 23.7 Å². The van der Waals surface area contributed by atoms with Gasteiger partial charge in [-0.1, -0.05) is 37.4 Å².